The van der Waals surface area contributed by atoms with Gasteiger partial charge in [-0.1, -0.05) is 0 Å². The molecule has 2 atom stereocenters. The van der Waals surface area contributed by atoms with E-state index in [1.54, 1.807) is 62.3 Å². The third-order valence-corrected chi connectivity index (χ3v) is 2.78. The van der Waals surface area contributed by atoms with Crippen molar-refractivity contribution in [1.29, 1.82) is 0 Å². The van der Waals surface area contributed by atoms with Crippen LogP contribution in [0.1, 0.15) is 68.7 Å². The van der Waals surface area contributed by atoms with Crippen LogP contribution in [0.5, 0.6) is 0 Å². The van der Waals surface area contributed by atoms with Crippen LogP contribution >= 0.6 is 0 Å². The summed E-state index contributed by atoms with van der Waals surface area (Å²) in [4.78, 5) is 36.5. The lowest BCUT2D eigenvalue weighted by Gasteiger charge is -2.27. The van der Waals surface area contributed by atoms with E-state index in [1.165, 1.54) is 0 Å². The summed E-state index contributed by atoms with van der Waals surface area (Å²) in [5.41, 5.74) is 3.75. The van der Waals surface area contributed by atoms with Crippen LogP contribution in [0.15, 0.2) is 0 Å². The van der Waals surface area contributed by atoms with Crippen molar-refractivity contribution in [3.63, 3.8) is 0 Å². The van der Waals surface area contributed by atoms with Crippen molar-refractivity contribution in [2.24, 2.45) is 5.73 Å². The fourth-order valence-electron chi connectivity index (χ4n) is 1.89. The number of hydrogen-bond acceptors (Lipinski definition) is 8. The smallest absolute Gasteiger partial charge is 0.324 e. The number of nitrogens with two attached hydrogens (primary N) is 1. The van der Waals surface area contributed by atoms with Crippen molar-refractivity contribution >= 4 is 17.9 Å². The van der Waals surface area contributed by atoms with E-state index in [4.69, 9.17) is 19.9 Å². The number of nitrogens with one attached hydrogen (secondary N) is 1. The predicted molar refractivity (Wildman–Crippen MR) is 102 cm³/mol. The van der Waals surface area contributed by atoms with Gasteiger partial charge in [-0.3, -0.25) is 14.4 Å². The quantitative estimate of drug-likeness (QED) is 0.500. The molecule has 0 unspecified atom stereocenters. The number of ether oxygens (including phenoxy) is 3. The standard InChI is InChI=1S/C19H36N2O6/c1-17(2,3)25-14(22)10-13(16(24)27-19(7,8)9)21-11-12(20)15(23)26-18(4,5)6/h12-13,21H,10-11,20H2,1-9H3/t12-,13-/m0/s1. The molecule has 0 heterocycles. The Labute approximate surface area is 162 Å². The Balaban J connectivity index is 5.01. The Morgan fingerprint density at radius 2 is 1.19 bits per heavy atom. The molecule has 0 saturated carbocycles. The summed E-state index contributed by atoms with van der Waals surface area (Å²) in [7, 11) is 0. The third-order valence-electron chi connectivity index (χ3n) is 2.78. The second kappa shape index (κ2) is 9.50. The summed E-state index contributed by atoms with van der Waals surface area (Å²) >= 11 is 0. The minimum absolute atomic E-state index is 0.0539. The number of hydrogen-bond donors (Lipinski definition) is 2. The van der Waals surface area contributed by atoms with Gasteiger partial charge in [-0.15, -0.1) is 0 Å². The van der Waals surface area contributed by atoms with E-state index < -0.39 is 46.8 Å². The average molecular weight is 389 g/mol. The van der Waals surface area contributed by atoms with E-state index in [2.05, 4.69) is 5.32 Å². The maximum Gasteiger partial charge on any atom is 0.324 e. The zero-order valence-electron chi connectivity index (χ0n) is 18.1. The molecule has 0 bridgehead atoms. The van der Waals surface area contributed by atoms with Crippen molar-refractivity contribution in [3.05, 3.63) is 0 Å². The van der Waals surface area contributed by atoms with Gasteiger partial charge in [0.25, 0.3) is 0 Å². The van der Waals surface area contributed by atoms with Gasteiger partial charge in [0.2, 0.25) is 0 Å². The van der Waals surface area contributed by atoms with Gasteiger partial charge in [-0.05, 0) is 62.3 Å². The van der Waals surface area contributed by atoms with Gasteiger partial charge in [0.05, 0.1) is 6.42 Å². The van der Waals surface area contributed by atoms with Gasteiger partial charge in [0.15, 0.2) is 0 Å². The molecule has 0 spiro atoms. The van der Waals surface area contributed by atoms with E-state index in [-0.39, 0.29) is 13.0 Å². The van der Waals surface area contributed by atoms with Gasteiger partial charge < -0.3 is 25.3 Å². The number of carbonyl (C=O) groups excluding carboxylic acids is 3. The SMILES string of the molecule is CC(C)(C)OC(=O)C[C@H](NC[C@H](N)C(=O)OC(C)(C)C)C(=O)OC(C)(C)C. The third kappa shape index (κ3) is 13.2. The zero-order chi connectivity index (χ0) is 21.6. The highest BCUT2D eigenvalue weighted by molar-refractivity contribution is 5.83. The van der Waals surface area contributed by atoms with Crippen molar-refractivity contribution in [3.8, 4) is 0 Å². The minimum atomic E-state index is -0.993. The highest BCUT2D eigenvalue weighted by atomic mass is 16.6. The Hall–Kier alpha value is -1.67. The second-order valence-corrected chi connectivity index (χ2v) is 9.42. The van der Waals surface area contributed by atoms with Crippen LogP contribution in [0.4, 0.5) is 0 Å². The van der Waals surface area contributed by atoms with Crippen molar-refractivity contribution in [2.45, 2.75) is 97.6 Å². The molecule has 0 aromatic heterocycles. The topological polar surface area (TPSA) is 117 Å². The van der Waals surface area contributed by atoms with Crippen molar-refractivity contribution < 1.29 is 28.6 Å². The van der Waals surface area contributed by atoms with Gasteiger partial charge in [0, 0.05) is 6.54 Å². The van der Waals surface area contributed by atoms with Crippen LogP contribution in [-0.4, -0.2) is 53.3 Å². The van der Waals surface area contributed by atoms with Crippen LogP contribution in [0.3, 0.4) is 0 Å². The fourth-order valence-corrected chi connectivity index (χ4v) is 1.89. The lowest BCUT2D eigenvalue weighted by atomic mass is 10.1. The van der Waals surface area contributed by atoms with E-state index >= 15 is 0 Å². The van der Waals surface area contributed by atoms with Crippen LogP contribution in [-0.2, 0) is 28.6 Å². The Kier molecular flexibility index (Phi) is 8.92. The van der Waals surface area contributed by atoms with Crippen molar-refractivity contribution in [1.82, 2.24) is 5.32 Å². The maximum atomic E-state index is 12.4. The zero-order valence-corrected chi connectivity index (χ0v) is 18.1. The molecule has 27 heavy (non-hydrogen) atoms. The second-order valence-electron chi connectivity index (χ2n) is 9.42. The lowest BCUT2D eigenvalue weighted by Crippen LogP contribution is -2.50. The van der Waals surface area contributed by atoms with Gasteiger partial charge in [-0.25, -0.2) is 0 Å². The maximum absolute atomic E-state index is 12.4. The molecule has 3 N–H and O–H groups in total. The highest BCUT2D eigenvalue weighted by Gasteiger charge is 2.31. The molecule has 0 rings (SSSR count). The van der Waals surface area contributed by atoms with E-state index in [0.717, 1.165) is 0 Å². The Bertz CT molecular complexity index is 526. The molecule has 0 saturated heterocycles. The molecule has 0 fully saturated rings. The van der Waals surface area contributed by atoms with E-state index in [1.807, 2.05) is 0 Å². The van der Waals surface area contributed by atoms with Crippen LogP contribution in [0, 0.1) is 0 Å². The first-order valence-corrected chi connectivity index (χ1v) is 9.06. The highest BCUT2D eigenvalue weighted by Crippen LogP contribution is 2.13. The molecular weight excluding hydrogens is 352 g/mol. The summed E-state index contributed by atoms with van der Waals surface area (Å²) < 4.78 is 15.8. The molecule has 0 amide bonds. The van der Waals surface area contributed by atoms with Crippen LogP contribution in [0.25, 0.3) is 0 Å². The summed E-state index contributed by atoms with van der Waals surface area (Å²) in [5, 5.41) is 2.82. The molecule has 8 nitrogen and oxygen atoms in total. The predicted octanol–water partition coefficient (Wildman–Crippen LogP) is 1.69. The van der Waals surface area contributed by atoms with Gasteiger partial charge in [-0.2, -0.15) is 0 Å². The normalized spacial score (nSPS) is 14.9. The molecule has 0 aromatic carbocycles. The van der Waals surface area contributed by atoms with Gasteiger partial charge >= 0.3 is 17.9 Å². The molecule has 0 aliphatic rings. The molecule has 8 heteroatoms. The number of esters is 3. The summed E-state index contributed by atoms with van der Waals surface area (Å²) in [5.74, 6) is -1.78. The summed E-state index contributed by atoms with van der Waals surface area (Å²) in [6.45, 7) is 15.5. The molecule has 0 radical (unpaired) electrons. The summed E-state index contributed by atoms with van der Waals surface area (Å²) in [6, 6.07) is -1.99. The number of carbonyl (C=O) groups is 3. The first kappa shape index (κ1) is 25.3. The fraction of sp³-hybridized carbons (Fsp3) is 0.842. The first-order chi connectivity index (χ1) is 11.9. The molecule has 0 aromatic rings. The minimum Gasteiger partial charge on any atom is -0.460 e. The monoisotopic (exact) mass is 388 g/mol. The number of rotatable bonds is 7. The Morgan fingerprint density at radius 3 is 1.59 bits per heavy atom. The van der Waals surface area contributed by atoms with Crippen molar-refractivity contribution in [2.75, 3.05) is 6.54 Å². The average Bonchev–Trinajstić information content (AvgIpc) is 2.36. The van der Waals surface area contributed by atoms with Crippen LogP contribution < -0.4 is 11.1 Å². The molecule has 0 aliphatic carbocycles. The van der Waals surface area contributed by atoms with Gasteiger partial charge in [0.1, 0.15) is 28.9 Å². The lowest BCUT2D eigenvalue weighted by molar-refractivity contribution is -0.165. The molecule has 158 valence electrons. The summed E-state index contributed by atoms with van der Waals surface area (Å²) in [6.07, 6.45) is -0.243. The molecule has 0 aliphatic heterocycles. The largest absolute Gasteiger partial charge is 0.460 e. The Morgan fingerprint density at radius 1 is 0.778 bits per heavy atom. The van der Waals surface area contributed by atoms with E-state index in [0.29, 0.717) is 0 Å². The van der Waals surface area contributed by atoms with Crippen LogP contribution in [0.2, 0.25) is 0 Å². The van der Waals surface area contributed by atoms with E-state index in [9.17, 15) is 14.4 Å². The molecular formula is C19H36N2O6. The first-order valence-electron chi connectivity index (χ1n) is 9.06.